The molecule has 0 unspecified atom stereocenters. The topological polar surface area (TPSA) is 0 Å². The summed E-state index contributed by atoms with van der Waals surface area (Å²) in [7, 11) is 0. The van der Waals surface area contributed by atoms with Gasteiger partial charge in [-0.1, -0.05) is 35.9 Å². The molecule has 0 radical (unpaired) electrons. The molecule has 0 bridgehead atoms. The lowest BCUT2D eigenvalue weighted by Gasteiger charge is -2.01. The Kier molecular flexibility index (Phi) is 3.39. The van der Waals surface area contributed by atoms with E-state index in [2.05, 4.69) is 60.8 Å². The average molecular weight is 270 g/mol. The summed E-state index contributed by atoms with van der Waals surface area (Å²) in [4.78, 5) is 1.34. The van der Waals surface area contributed by atoms with Crippen LogP contribution in [0.25, 0.3) is 10.1 Å². The van der Waals surface area contributed by atoms with Gasteiger partial charge in [-0.2, -0.15) is 0 Å². The molecule has 0 atom stereocenters. The molecule has 0 aliphatic rings. The molecule has 90 valence electrons. The first-order valence-corrected chi connectivity index (χ1v) is 7.84. The molecule has 0 nitrogen and oxygen atoms in total. The summed E-state index contributed by atoms with van der Waals surface area (Å²) >= 11 is 3.75. The van der Waals surface area contributed by atoms with Crippen molar-refractivity contribution in [2.24, 2.45) is 0 Å². The number of aryl methyl sites for hydroxylation is 1. The quantitative estimate of drug-likeness (QED) is 0.566. The monoisotopic (exact) mass is 270 g/mol. The molecule has 1 heterocycles. The van der Waals surface area contributed by atoms with Crippen molar-refractivity contribution in [2.75, 3.05) is 0 Å². The van der Waals surface area contributed by atoms with Gasteiger partial charge in [-0.25, -0.2) is 0 Å². The Hall–Kier alpha value is -1.25. The van der Waals surface area contributed by atoms with Crippen LogP contribution in [0.15, 0.2) is 58.8 Å². The molecule has 0 saturated carbocycles. The standard InChI is InChI=1S/C16H14S2/c1-12-6-8-14(9-7-12)17-10-13-11-18-16-5-3-2-4-15(13)16/h2-9,11H,10H2,1H3. The highest BCUT2D eigenvalue weighted by Crippen LogP contribution is 2.31. The molecule has 3 aromatic rings. The fraction of sp³-hybridized carbons (Fsp3) is 0.125. The lowest BCUT2D eigenvalue weighted by Crippen LogP contribution is -1.78. The van der Waals surface area contributed by atoms with Gasteiger partial charge in [-0.3, -0.25) is 0 Å². The molecule has 0 saturated heterocycles. The molecule has 2 aromatic carbocycles. The summed E-state index contributed by atoms with van der Waals surface area (Å²) < 4.78 is 1.39. The van der Waals surface area contributed by atoms with Crippen LogP contribution < -0.4 is 0 Å². The van der Waals surface area contributed by atoms with Gasteiger partial charge in [0.2, 0.25) is 0 Å². The highest BCUT2D eigenvalue weighted by Gasteiger charge is 2.03. The number of hydrogen-bond donors (Lipinski definition) is 0. The first kappa shape index (κ1) is 11.8. The average Bonchev–Trinajstić information content (AvgIpc) is 2.82. The summed E-state index contributed by atoms with van der Waals surface area (Å²) in [6.07, 6.45) is 0. The molecule has 1 aromatic heterocycles. The smallest absolute Gasteiger partial charge is 0.0345 e. The van der Waals surface area contributed by atoms with E-state index in [0.717, 1.165) is 5.75 Å². The summed E-state index contributed by atoms with van der Waals surface area (Å²) in [6, 6.07) is 17.4. The minimum absolute atomic E-state index is 1.05. The normalized spacial score (nSPS) is 10.9. The van der Waals surface area contributed by atoms with Gasteiger partial charge >= 0.3 is 0 Å². The fourth-order valence-corrected chi connectivity index (χ4v) is 3.90. The second kappa shape index (κ2) is 5.17. The number of hydrogen-bond acceptors (Lipinski definition) is 2. The Labute approximate surface area is 116 Å². The largest absolute Gasteiger partial charge is 0.143 e. The van der Waals surface area contributed by atoms with Crippen LogP contribution in [0.4, 0.5) is 0 Å². The second-order valence-corrected chi connectivity index (χ2v) is 6.32. The first-order chi connectivity index (χ1) is 8.83. The maximum atomic E-state index is 2.28. The number of thioether (sulfide) groups is 1. The number of thiophene rings is 1. The Bertz CT molecular complexity index is 650. The highest BCUT2D eigenvalue weighted by molar-refractivity contribution is 7.98. The molecular weight excluding hydrogens is 256 g/mol. The third-order valence-electron chi connectivity index (χ3n) is 2.98. The predicted molar refractivity (Wildman–Crippen MR) is 82.6 cm³/mol. The highest BCUT2D eigenvalue weighted by atomic mass is 32.2. The van der Waals surface area contributed by atoms with Crippen molar-refractivity contribution in [1.29, 1.82) is 0 Å². The number of rotatable bonds is 3. The van der Waals surface area contributed by atoms with Crippen molar-refractivity contribution >= 4 is 33.2 Å². The number of benzene rings is 2. The van der Waals surface area contributed by atoms with Gasteiger partial charge in [0, 0.05) is 15.3 Å². The zero-order valence-electron chi connectivity index (χ0n) is 10.2. The molecule has 0 aliphatic carbocycles. The third-order valence-corrected chi connectivity index (χ3v) is 5.05. The Balaban J connectivity index is 1.79. The van der Waals surface area contributed by atoms with Crippen molar-refractivity contribution < 1.29 is 0 Å². The molecule has 2 heteroatoms. The Morgan fingerprint density at radius 2 is 1.78 bits per heavy atom. The molecule has 0 fully saturated rings. The van der Waals surface area contributed by atoms with E-state index >= 15 is 0 Å². The van der Waals surface area contributed by atoms with Crippen LogP contribution in [0.2, 0.25) is 0 Å². The summed E-state index contributed by atoms with van der Waals surface area (Å²) in [5.41, 5.74) is 2.77. The van der Waals surface area contributed by atoms with E-state index in [9.17, 15) is 0 Å². The Morgan fingerprint density at radius 3 is 2.61 bits per heavy atom. The molecule has 0 spiro atoms. The Morgan fingerprint density at radius 1 is 1.00 bits per heavy atom. The van der Waals surface area contributed by atoms with Crippen molar-refractivity contribution in [3.05, 3.63) is 65.0 Å². The van der Waals surface area contributed by atoms with Crippen molar-refractivity contribution in [1.82, 2.24) is 0 Å². The van der Waals surface area contributed by atoms with Gasteiger partial charge in [0.05, 0.1) is 0 Å². The second-order valence-electron chi connectivity index (χ2n) is 4.36. The van der Waals surface area contributed by atoms with Crippen LogP contribution in [0.3, 0.4) is 0 Å². The molecule has 3 rings (SSSR count). The lowest BCUT2D eigenvalue weighted by molar-refractivity contribution is 1.36. The van der Waals surface area contributed by atoms with Gasteiger partial charge < -0.3 is 0 Å². The van der Waals surface area contributed by atoms with Crippen LogP contribution in [-0.4, -0.2) is 0 Å². The van der Waals surface area contributed by atoms with Gasteiger partial charge in [0.1, 0.15) is 0 Å². The van der Waals surface area contributed by atoms with E-state index < -0.39 is 0 Å². The van der Waals surface area contributed by atoms with Crippen LogP contribution in [0.1, 0.15) is 11.1 Å². The van der Waals surface area contributed by atoms with Crippen LogP contribution >= 0.6 is 23.1 Å². The van der Waals surface area contributed by atoms with E-state index in [1.54, 1.807) is 0 Å². The summed E-state index contributed by atoms with van der Waals surface area (Å²) in [5, 5.41) is 3.69. The van der Waals surface area contributed by atoms with E-state index in [1.165, 1.54) is 26.1 Å². The lowest BCUT2D eigenvalue weighted by atomic mass is 10.2. The van der Waals surface area contributed by atoms with Crippen molar-refractivity contribution in [3.8, 4) is 0 Å². The molecule has 0 N–H and O–H groups in total. The minimum Gasteiger partial charge on any atom is -0.143 e. The SMILES string of the molecule is Cc1ccc(SCc2csc3ccccc23)cc1. The molecule has 18 heavy (non-hydrogen) atoms. The van der Waals surface area contributed by atoms with Gasteiger partial charge in [-0.15, -0.1) is 23.1 Å². The molecule has 0 amide bonds. The van der Waals surface area contributed by atoms with E-state index in [-0.39, 0.29) is 0 Å². The molecule has 0 aliphatic heterocycles. The fourth-order valence-electron chi connectivity index (χ4n) is 1.94. The van der Waals surface area contributed by atoms with Gasteiger partial charge in [-0.05, 0) is 41.5 Å². The summed E-state index contributed by atoms with van der Waals surface area (Å²) in [6.45, 7) is 2.13. The zero-order valence-corrected chi connectivity index (χ0v) is 11.9. The van der Waals surface area contributed by atoms with E-state index in [4.69, 9.17) is 0 Å². The van der Waals surface area contributed by atoms with Crippen molar-refractivity contribution in [3.63, 3.8) is 0 Å². The maximum Gasteiger partial charge on any atom is 0.0345 e. The first-order valence-electron chi connectivity index (χ1n) is 5.97. The zero-order chi connectivity index (χ0) is 12.4. The van der Waals surface area contributed by atoms with Crippen LogP contribution in [0.5, 0.6) is 0 Å². The van der Waals surface area contributed by atoms with Gasteiger partial charge in [0.15, 0.2) is 0 Å². The van der Waals surface area contributed by atoms with Crippen LogP contribution in [-0.2, 0) is 5.75 Å². The van der Waals surface area contributed by atoms with Crippen LogP contribution in [0, 0.1) is 6.92 Å². The predicted octanol–water partition coefficient (Wildman–Crippen LogP) is 5.50. The van der Waals surface area contributed by atoms with Crippen molar-refractivity contribution in [2.45, 2.75) is 17.6 Å². The maximum absolute atomic E-state index is 2.28. The van der Waals surface area contributed by atoms with Gasteiger partial charge in [0.25, 0.3) is 0 Å². The summed E-state index contributed by atoms with van der Waals surface area (Å²) in [5.74, 6) is 1.05. The number of fused-ring (bicyclic) bond motifs is 1. The van der Waals surface area contributed by atoms with E-state index in [1.807, 2.05) is 23.1 Å². The molecular formula is C16H14S2. The van der Waals surface area contributed by atoms with E-state index in [0.29, 0.717) is 0 Å². The third kappa shape index (κ3) is 2.45. The minimum atomic E-state index is 1.05.